The van der Waals surface area contributed by atoms with Crippen LogP contribution in [0.5, 0.6) is 0 Å². The van der Waals surface area contributed by atoms with Crippen molar-refractivity contribution in [1.82, 2.24) is 30.5 Å². The van der Waals surface area contributed by atoms with Crippen LogP contribution in [0.15, 0.2) is 42.5 Å². The summed E-state index contributed by atoms with van der Waals surface area (Å²) in [7, 11) is 0. The number of H-pyrrole nitrogens is 1. The van der Waals surface area contributed by atoms with Crippen LogP contribution in [0, 0.1) is 0 Å². The Balaban J connectivity index is 1.77. The fourth-order valence-corrected chi connectivity index (χ4v) is 3.25. The zero-order chi connectivity index (χ0) is 17.9. The molecule has 2 aromatic heterocycles. The SMILES string of the molecule is CCCCNC(=O)Cn1c2ccccc2c2cc(-c3nn[nH]n3)ccc21. The van der Waals surface area contributed by atoms with E-state index in [1.165, 1.54) is 0 Å². The van der Waals surface area contributed by atoms with Gasteiger partial charge in [-0.15, -0.1) is 10.2 Å². The molecule has 0 saturated carbocycles. The number of benzene rings is 2. The first-order chi connectivity index (χ1) is 12.8. The van der Waals surface area contributed by atoms with Gasteiger partial charge >= 0.3 is 0 Å². The summed E-state index contributed by atoms with van der Waals surface area (Å²) in [5.41, 5.74) is 2.95. The fraction of sp³-hybridized carbons (Fsp3) is 0.263. The van der Waals surface area contributed by atoms with Gasteiger partial charge in [-0.05, 0) is 35.9 Å². The monoisotopic (exact) mass is 348 g/mol. The van der Waals surface area contributed by atoms with Crippen LogP contribution >= 0.6 is 0 Å². The number of nitrogens with zero attached hydrogens (tertiary/aromatic N) is 4. The highest BCUT2D eigenvalue weighted by atomic mass is 16.1. The number of hydrogen-bond acceptors (Lipinski definition) is 4. The molecule has 2 aromatic carbocycles. The van der Waals surface area contributed by atoms with Crippen molar-refractivity contribution >= 4 is 27.7 Å². The third-order valence-electron chi connectivity index (χ3n) is 4.53. The number of para-hydroxylation sites is 1. The molecule has 4 aromatic rings. The second-order valence-corrected chi connectivity index (χ2v) is 6.27. The maximum Gasteiger partial charge on any atom is 0.239 e. The Kier molecular flexibility index (Phi) is 4.35. The van der Waals surface area contributed by atoms with Gasteiger partial charge in [-0.25, -0.2) is 0 Å². The topological polar surface area (TPSA) is 88.5 Å². The molecular weight excluding hydrogens is 328 g/mol. The van der Waals surface area contributed by atoms with E-state index in [4.69, 9.17) is 0 Å². The number of nitrogens with one attached hydrogen (secondary N) is 2. The van der Waals surface area contributed by atoms with Crippen molar-refractivity contribution in [2.24, 2.45) is 0 Å². The summed E-state index contributed by atoms with van der Waals surface area (Å²) in [6.45, 7) is 3.13. The second-order valence-electron chi connectivity index (χ2n) is 6.27. The van der Waals surface area contributed by atoms with Crippen LogP contribution in [0.3, 0.4) is 0 Å². The first kappa shape index (κ1) is 16.3. The van der Waals surface area contributed by atoms with Gasteiger partial charge in [0.25, 0.3) is 0 Å². The number of aromatic amines is 1. The lowest BCUT2D eigenvalue weighted by atomic mass is 10.1. The minimum Gasteiger partial charge on any atom is -0.355 e. The number of rotatable bonds is 6. The highest BCUT2D eigenvalue weighted by molar-refractivity contribution is 6.09. The first-order valence-electron chi connectivity index (χ1n) is 8.79. The lowest BCUT2D eigenvalue weighted by molar-refractivity contribution is -0.121. The van der Waals surface area contributed by atoms with Crippen LogP contribution in [-0.2, 0) is 11.3 Å². The van der Waals surface area contributed by atoms with Crippen LogP contribution < -0.4 is 5.32 Å². The largest absolute Gasteiger partial charge is 0.355 e. The van der Waals surface area contributed by atoms with Gasteiger partial charge in [-0.2, -0.15) is 5.21 Å². The molecule has 1 amide bonds. The van der Waals surface area contributed by atoms with Gasteiger partial charge in [-0.1, -0.05) is 31.5 Å². The molecule has 0 fully saturated rings. The molecule has 0 unspecified atom stereocenters. The van der Waals surface area contributed by atoms with E-state index >= 15 is 0 Å². The highest BCUT2D eigenvalue weighted by Crippen LogP contribution is 2.31. The molecular formula is C19H20N6O. The maximum atomic E-state index is 12.4. The van der Waals surface area contributed by atoms with Crippen molar-refractivity contribution in [3.63, 3.8) is 0 Å². The van der Waals surface area contributed by atoms with Crippen molar-refractivity contribution in [2.45, 2.75) is 26.3 Å². The van der Waals surface area contributed by atoms with Gasteiger partial charge in [0, 0.05) is 33.9 Å². The molecule has 0 bridgehead atoms. The Hall–Kier alpha value is -3.22. The minimum absolute atomic E-state index is 0.0309. The molecule has 0 saturated heterocycles. The maximum absolute atomic E-state index is 12.4. The van der Waals surface area contributed by atoms with Gasteiger partial charge in [-0.3, -0.25) is 4.79 Å². The molecule has 7 nitrogen and oxygen atoms in total. The molecule has 132 valence electrons. The lowest BCUT2D eigenvalue weighted by Crippen LogP contribution is -2.28. The summed E-state index contributed by atoms with van der Waals surface area (Å²) >= 11 is 0. The van der Waals surface area contributed by atoms with Gasteiger partial charge in [0.2, 0.25) is 11.7 Å². The molecule has 0 spiro atoms. The van der Waals surface area contributed by atoms with Crippen LogP contribution in [0.4, 0.5) is 0 Å². The number of aromatic nitrogens is 5. The molecule has 0 aliphatic rings. The average Bonchev–Trinajstić information content (AvgIpc) is 3.30. The zero-order valence-electron chi connectivity index (χ0n) is 14.6. The highest BCUT2D eigenvalue weighted by Gasteiger charge is 2.14. The summed E-state index contributed by atoms with van der Waals surface area (Å²) in [6, 6.07) is 14.1. The molecule has 0 radical (unpaired) electrons. The van der Waals surface area contributed by atoms with Crippen molar-refractivity contribution < 1.29 is 4.79 Å². The van der Waals surface area contributed by atoms with E-state index in [-0.39, 0.29) is 5.91 Å². The van der Waals surface area contributed by atoms with Crippen molar-refractivity contribution in [3.8, 4) is 11.4 Å². The predicted molar refractivity (Wildman–Crippen MR) is 101 cm³/mol. The molecule has 4 rings (SSSR count). The molecule has 2 heterocycles. The van der Waals surface area contributed by atoms with Crippen LogP contribution in [-0.4, -0.2) is 37.6 Å². The van der Waals surface area contributed by atoms with E-state index in [0.29, 0.717) is 18.9 Å². The van der Waals surface area contributed by atoms with Crippen LogP contribution in [0.1, 0.15) is 19.8 Å². The normalized spacial score (nSPS) is 11.3. The number of hydrogen-bond donors (Lipinski definition) is 2. The van der Waals surface area contributed by atoms with Crippen molar-refractivity contribution in [1.29, 1.82) is 0 Å². The van der Waals surface area contributed by atoms with Crippen molar-refractivity contribution in [2.75, 3.05) is 6.54 Å². The fourth-order valence-electron chi connectivity index (χ4n) is 3.25. The molecule has 26 heavy (non-hydrogen) atoms. The average molecular weight is 348 g/mol. The second kappa shape index (κ2) is 6.95. The molecule has 7 heteroatoms. The summed E-state index contributed by atoms with van der Waals surface area (Å²) < 4.78 is 2.06. The Morgan fingerprint density at radius 1 is 1.15 bits per heavy atom. The van der Waals surface area contributed by atoms with E-state index in [1.807, 2.05) is 36.4 Å². The number of amides is 1. The quantitative estimate of drug-likeness (QED) is 0.524. The van der Waals surface area contributed by atoms with Gasteiger partial charge in [0.15, 0.2) is 0 Å². The molecule has 2 N–H and O–H groups in total. The summed E-state index contributed by atoms with van der Waals surface area (Å²) in [6.07, 6.45) is 2.06. The number of unbranched alkanes of at least 4 members (excludes halogenated alkanes) is 1. The third kappa shape index (κ3) is 2.92. The van der Waals surface area contributed by atoms with E-state index in [9.17, 15) is 4.79 Å². The van der Waals surface area contributed by atoms with Gasteiger partial charge in [0.05, 0.1) is 0 Å². The summed E-state index contributed by atoms with van der Waals surface area (Å²) in [4.78, 5) is 12.4. The van der Waals surface area contributed by atoms with E-state index < -0.39 is 0 Å². The standard InChI is InChI=1S/C19H20N6O/c1-2-3-10-20-18(26)12-25-16-7-5-4-6-14(16)15-11-13(8-9-17(15)25)19-21-23-24-22-19/h4-9,11H,2-3,10,12H2,1H3,(H,20,26)(H,21,22,23,24). The summed E-state index contributed by atoms with van der Waals surface area (Å²) in [5, 5.41) is 19.4. The Bertz CT molecular complexity index is 1050. The first-order valence-corrected chi connectivity index (χ1v) is 8.79. The molecule has 0 aliphatic carbocycles. The van der Waals surface area contributed by atoms with E-state index in [2.05, 4.69) is 43.5 Å². The lowest BCUT2D eigenvalue weighted by Gasteiger charge is -2.08. The zero-order valence-corrected chi connectivity index (χ0v) is 14.6. The molecule has 0 atom stereocenters. The summed E-state index contributed by atoms with van der Waals surface area (Å²) in [5.74, 6) is 0.587. The third-order valence-corrected chi connectivity index (χ3v) is 4.53. The number of tetrazole rings is 1. The number of fused-ring (bicyclic) bond motifs is 3. The minimum atomic E-state index is 0.0309. The van der Waals surface area contributed by atoms with Gasteiger partial charge in [0.1, 0.15) is 6.54 Å². The Labute approximate surface area is 150 Å². The number of carbonyl (C=O) groups excluding carboxylic acids is 1. The van der Waals surface area contributed by atoms with Crippen molar-refractivity contribution in [3.05, 3.63) is 42.5 Å². The predicted octanol–water partition coefficient (Wildman–Crippen LogP) is 2.89. The van der Waals surface area contributed by atoms with Crippen LogP contribution in [0.2, 0.25) is 0 Å². The van der Waals surface area contributed by atoms with E-state index in [1.54, 1.807) is 0 Å². The van der Waals surface area contributed by atoms with E-state index in [0.717, 1.165) is 40.2 Å². The Morgan fingerprint density at radius 3 is 2.81 bits per heavy atom. The molecule has 0 aliphatic heterocycles. The van der Waals surface area contributed by atoms with Gasteiger partial charge < -0.3 is 9.88 Å². The van der Waals surface area contributed by atoms with Crippen LogP contribution in [0.25, 0.3) is 33.2 Å². The smallest absolute Gasteiger partial charge is 0.239 e. The number of carbonyl (C=O) groups is 1. The Morgan fingerprint density at radius 2 is 2.00 bits per heavy atom.